The Morgan fingerprint density at radius 1 is 1.15 bits per heavy atom. The maximum Gasteiger partial charge on any atom is 0.191 e. The van der Waals surface area contributed by atoms with Gasteiger partial charge in [0.15, 0.2) is 5.96 Å². The van der Waals surface area contributed by atoms with Gasteiger partial charge in [0.1, 0.15) is 0 Å². The highest BCUT2D eigenvalue weighted by Crippen LogP contribution is 2.14. The number of aliphatic hydroxyl groups is 1. The van der Waals surface area contributed by atoms with E-state index >= 15 is 0 Å². The minimum atomic E-state index is 0. The van der Waals surface area contributed by atoms with E-state index in [2.05, 4.69) is 74.7 Å². The van der Waals surface area contributed by atoms with Crippen molar-refractivity contribution >= 4 is 29.9 Å². The van der Waals surface area contributed by atoms with E-state index in [9.17, 15) is 5.11 Å². The minimum absolute atomic E-state index is 0. The van der Waals surface area contributed by atoms with Crippen LogP contribution in [0.1, 0.15) is 44.7 Å². The highest BCUT2D eigenvalue weighted by atomic mass is 127. The van der Waals surface area contributed by atoms with Crippen molar-refractivity contribution in [1.82, 2.24) is 15.5 Å². The number of aliphatic imine (C=N–C) groups is 1. The Balaban J connectivity index is 0.00000676. The van der Waals surface area contributed by atoms with Crippen LogP contribution in [0.3, 0.4) is 0 Å². The molecular formula is C21H39IN4O. The second kappa shape index (κ2) is 15.1. The maximum absolute atomic E-state index is 9.30. The Hall–Kier alpha value is -0.860. The fourth-order valence-electron chi connectivity index (χ4n) is 3.11. The van der Waals surface area contributed by atoms with E-state index in [0.29, 0.717) is 18.4 Å². The van der Waals surface area contributed by atoms with E-state index < -0.39 is 0 Å². The summed E-state index contributed by atoms with van der Waals surface area (Å²) in [4.78, 5) is 6.95. The first-order chi connectivity index (χ1) is 12.5. The third kappa shape index (κ3) is 11.5. The Morgan fingerprint density at radius 3 is 2.37 bits per heavy atom. The van der Waals surface area contributed by atoms with Crippen molar-refractivity contribution < 1.29 is 5.11 Å². The predicted octanol–water partition coefficient (Wildman–Crippen LogP) is 3.47. The smallest absolute Gasteiger partial charge is 0.191 e. The normalized spacial score (nSPS) is 12.8. The molecule has 1 atom stereocenters. The number of rotatable bonds is 11. The van der Waals surface area contributed by atoms with Gasteiger partial charge in [0.05, 0.1) is 6.54 Å². The Bertz CT molecular complexity index is 535. The topological polar surface area (TPSA) is 59.9 Å². The van der Waals surface area contributed by atoms with Crippen molar-refractivity contribution in [3.8, 4) is 0 Å². The summed E-state index contributed by atoms with van der Waals surface area (Å²) < 4.78 is 0. The molecule has 0 aliphatic rings. The van der Waals surface area contributed by atoms with Crippen molar-refractivity contribution in [3.05, 3.63) is 35.4 Å². The van der Waals surface area contributed by atoms with Crippen molar-refractivity contribution in [1.29, 1.82) is 0 Å². The number of guanidine groups is 1. The molecule has 0 aliphatic heterocycles. The van der Waals surface area contributed by atoms with Crippen LogP contribution in [-0.2, 0) is 13.1 Å². The number of hydrogen-bond acceptors (Lipinski definition) is 3. The third-order valence-corrected chi connectivity index (χ3v) is 4.26. The van der Waals surface area contributed by atoms with Crippen LogP contribution in [0.5, 0.6) is 0 Å². The van der Waals surface area contributed by atoms with E-state index in [0.717, 1.165) is 38.4 Å². The molecule has 0 aromatic heterocycles. The molecule has 0 radical (unpaired) electrons. The molecule has 27 heavy (non-hydrogen) atoms. The number of halogens is 1. The quantitative estimate of drug-likeness (QED) is 0.253. The zero-order chi connectivity index (χ0) is 19.4. The average Bonchev–Trinajstić information content (AvgIpc) is 2.57. The highest BCUT2D eigenvalue weighted by molar-refractivity contribution is 14.0. The van der Waals surface area contributed by atoms with E-state index in [1.54, 1.807) is 0 Å². The molecule has 1 aromatic carbocycles. The number of nitrogens with one attached hydrogen (secondary N) is 2. The van der Waals surface area contributed by atoms with Gasteiger partial charge < -0.3 is 20.6 Å². The van der Waals surface area contributed by atoms with Gasteiger partial charge in [-0.3, -0.25) is 0 Å². The van der Waals surface area contributed by atoms with Crippen LogP contribution in [0.25, 0.3) is 0 Å². The summed E-state index contributed by atoms with van der Waals surface area (Å²) in [7, 11) is 4.17. The molecule has 0 bridgehead atoms. The fourth-order valence-corrected chi connectivity index (χ4v) is 3.11. The average molecular weight is 490 g/mol. The molecule has 0 fully saturated rings. The largest absolute Gasteiger partial charge is 0.396 e. The SMILES string of the molecule is CCNC(=NCc1ccccc1CN(C)C)NCC(CCO)CC(C)C.I. The lowest BCUT2D eigenvalue weighted by atomic mass is 9.94. The molecule has 0 heterocycles. The molecule has 6 heteroatoms. The molecule has 3 N–H and O–H groups in total. The summed E-state index contributed by atoms with van der Waals surface area (Å²) in [5.41, 5.74) is 2.57. The summed E-state index contributed by atoms with van der Waals surface area (Å²) in [6, 6.07) is 8.48. The molecule has 0 saturated heterocycles. The van der Waals surface area contributed by atoms with Crippen molar-refractivity contribution in [3.63, 3.8) is 0 Å². The van der Waals surface area contributed by atoms with Crippen LogP contribution < -0.4 is 10.6 Å². The molecule has 1 rings (SSSR count). The van der Waals surface area contributed by atoms with Gasteiger partial charge >= 0.3 is 0 Å². The molecule has 0 saturated carbocycles. The lowest BCUT2D eigenvalue weighted by molar-refractivity contribution is 0.243. The van der Waals surface area contributed by atoms with E-state index in [1.807, 2.05) is 0 Å². The van der Waals surface area contributed by atoms with Crippen LogP contribution in [0, 0.1) is 11.8 Å². The van der Waals surface area contributed by atoms with Gasteiger partial charge in [-0.25, -0.2) is 4.99 Å². The molecular weight excluding hydrogens is 451 g/mol. The zero-order valence-corrected chi connectivity index (χ0v) is 20.0. The second-order valence-electron chi connectivity index (χ2n) is 7.59. The zero-order valence-electron chi connectivity index (χ0n) is 17.7. The lowest BCUT2D eigenvalue weighted by Gasteiger charge is -2.20. The van der Waals surface area contributed by atoms with Crippen molar-refractivity contribution in [2.75, 3.05) is 33.8 Å². The molecule has 0 aliphatic carbocycles. The molecule has 0 spiro atoms. The summed E-state index contributed by atoms with van der Waals surface area (Å²) in [6.07, 6.45) is 1.94. The summed E-state index contributed by atoms with van der Waals surface area (Å²) >= 11 is 0. The minimum Gasteiger partial charge on any atom is -0.396 e. The summed E-state index contributed by atoms with van der Waals surface area (Å²) in [6.45, 7) is 10.0. The van der Waals surface area contributed by atoms with Gasteiger partial charge in [0, 0.05) is 26.2 Å². The van der Waals surface area contributed by atoms with E-state index in [4.69, 9.17) is 4.99 Å². The third-order valence-electron chi connectivity index (χ3n) is 4.26. The molecule has 5 nitrogen and oxygen atoms in total. The second-order valence-corrected chi connectivity index (χ2v) is 7.59. The van der Waals surface area contributed by atoms with Crippen LogP contribution >= 0.6 is 24.0 Å². The summed E-state index contributed by atoms with van der Waals surface area (Å²) in [5, 5.41) is 16.1. The van der Waals surface area contributed by atoms with Crippen LogP contribution in [0.2, 0.25) is 0 Å². The highest BCUT2D eigenvalue weighted by Gasteiger charge is 2.11. The van der Waals surface area contributed by atoms with Gasteiger partial charge in [-0.1, -0.05) is 38.1 Å². The van der Waals surface area contributed by atoms with Gasteiger partial charge in [-0.05, 0) is 56.8 Å². The Morgan fingerprint density at radius 2 is 1.81 bits per heavy atom. The van der Waals surface area contributed by atoms with Crippen molar-refractivity contribution in [2.24, 2.45) is 16.8 Å². The van der Waals surface area contributed by atoms with Gasteiger partial charge in [-0.2, -0.15) is 0 Å². The molecule has 0 amide bonds. The standard InChI is InChI=1S/C21H38N4O.HI/c1-6-22-21(23-14-18(11-12-26)13-17(2)3)24-15-19-9-7-8-10-20(19)16-25(4)5;/h7-10,17-18,26H,6,11-16H2,1-5H3,(H2,22,23,24);1H. The number of nitrogens with zero attached hydrogens (tertiary/aromatic N) is 2. The van der Waals surface area contributed by atoms with Gasteiger partial charge in [0.25, 0.3) is 0 Å². The first kappa shape index (κ1) is 26.1. The van der Waals surface area contributed by atoms with Gasteiger partial charge in [-0.15, -0.1) is 24.0 Å². The Kier molecular flexibility index (Phi) is 14.6. The molecule has 156 valence electrons. The number of aliphatic hydroxyl groups excluding tert-OH is 1. The monoisotopic (exact) mass is 490 g/mol. The van der Waals surface area contributed by atoms with E-state index in [-0.39, 0.29) is 30.6 Å². The summed E-state index contributed by atoms with van der Waals surface area (Å²) in [5.74, 6) is 1.94. The van der Waals surface area contributed by atoms with E-state index in [1.165, 1.54) is 11.1 Å². The lowest BCUT2D eigenvalue weighted by Crippen LogP contribution is -2.40. The van der Waals surface area contributed by atoms with Crippen LogP contribution in [-0.4, -0.2) is 49.8 Å². The van der Waals surface area contributed by atoms with Crippen LogP contribution in [0.15, 0.2) is 29.3 Å². The van der Waals surface area contributed by atoms with Gasteiger partial charge in [0.2, 0.25) is 0 Å². The molecule has 1 unspecified atom stereocenters. The molecule has 1 aromatic rings. The first-order valence-electron chi connectivity index (χ1n) is 9.80. The Labute approximate surface area is 183 Å². The fraction of sp³-hybridized carbons (Fsp3) is 0.667. The number of hydrogen-bond donors (Lipinski definition) is 3. The first-order valence-corrected chi connectivity index (χ1v) is 9.80. The van der Waals surface area contributed by atoms with Crippen molar-refractivity contribution in [2.45, 2.75) is 46.7 Å². The maximum atomic E-state index is 9.30. The van der Waals surface area contributed by atoms with Crippen LogP contribution in [0.4, 0.5) is 0 Å². The number of benzene rings is 1. The predicted molar refractivity (Wildman–Crippen MR) is 127 cm³/mol.